The van der Waals surface area contributed by atoms with Crippen LogP contribution in [0.2, 0.25) is 0 Å². The molecule has 2 aliphatic heterocycles. The summed E-state index contributed by atoms with van der Waals surface area (Å²) in [5.41, 5.74) is -0.643. The normalized spacial score (nSPS) is 34.5. The third-order valence-corrected chi connectivity index (χ3v) is 4.02. The summed E-state index contributed by atoms with van der Waals surface area (Å²) in [5, 5.41) is 8.84. The fourth-order valence-corrected chi connectivity index (χ4v) is 3.46. The second-order valence-electron chi connectivity index (χ2n) is 4.01. The van der Waals surface area contributed by atoms with Crippen molar-refractivity contribution in [2.45, 2.75) is 18.4 Å². The number of nitrogens with zero attached hydrogens (tertiary/aromatic N) is 1. The summed E-state index contributed by atoms with van der Waals surface area (Å²) < 4.78 is 27.2. The van der Waals surface area contributed by atoms with Crippen LogP contribution in [0.15, 0.2) is 0 Å². The number of hydrogen-bond donors (Lipinski definition) is 3. The lowest BCUT2D eigenvalue weighted by molar-refractivity contribution is 0.110. The van der Waals surface area contributed by atoms with Crippen LogP contribution in [0, 0.1) is 0 Å². The molecule has 8 heteroatoms. The van der Waals surface area contributed by atoms with Gasteiger partial charge in [-0.3, -0.25) is 0 Å². The topological polar surface area (TPSA) is 98.7 Å². The molecule has 0 bridgehead atoms. The van der Waals surface area contributed by atoms with E-state index in [0.29, 0.717) is 19.4 Å². The molecule has 0 unspecified atom stereocenters. The van der Waals surface area contributed by atoms with Crippen molar-refractivity contribution in [3.05, 3.63) is 0 Å². The molecule has 1 spiro atoms. The molecule has 1 amide bonds. The van der Waals surface area contributed by atoms with Crippen molar-refractivity contribution < 1.29 is 18.3 Å². The fourth-order valence-electron chi connectivity index (χ4n) is 2.11. The van der Waals surface area contributed by atoms with Crippen molar-refractivity contribution >= 4 is 16.3 Å². The number of carbonyl (C=O) groups is 1. The Morgan fingerprint density at radius 1 is 1.47 bits per heavy atom. The van der Waals surface area contributed by atoms with E-state index >= 15 is 0 Å². The van der Waals surface area contributed by atoms with Crippen LogP contribution in [0.4, 0.5) is 4.79 Å². The van der Waals surface area contributed by atoms with Crippen molar-refractivity contribution in [1.29, 1.82) is 0 Å². The summed E-state index contributed by atoms with van der Waals surface area (Å²) in [6, 6.07) is 0. The van der Waals surface area contributed by atoms with Crippen LogP contribution in [0.25, 0.3) is 0 Å². The first-order valence-corrected chi connectivity index (χ1v) is 6.17. The summed E-state index contributed by atoms with van der Waals surface area (Å²) in [5.74, 6) is 0. The molecule has 7 nitrogen and oxygen atoms in total. The molecule has 2 rings (SSSR count). The summed E-state index contributed by atoms with van der Waals surface area (Å²) >= 11 is 0. The molecule has 86 valence electrons. The number of piperidine rings is 1. The Hall–Kier alpha value is -0.860. The minimum Gasteiger partial charge on any atom is -0.465 e. The lowest BCUT2D eigenvalue weighted by Crippen LogP contribution is -2.57. The number of amides is 1. The van der Waals surface area contributed by atoms with Gasteiger partial charge in [-0.15, -0.1) is 0 Å². The largest absolute Gasteiger partial charge is 0.465 e. The van der Waals surface area contributed by atoms with Crippen LogP contribution >= 0.6 is 0 Å². The van der Waals surface area contributed by atoms with Gasteiger partial charge in [-0.25, -0.2) is 9.52 Å². The Balaban J connectivity index is 2.14. The van der Waals surface area contributed by atoms with E-state index < -0.39 is 21.8 Å². The molecule has 0 aromatic rings. The molecule has 2 aliphatic rings. The second kappa shape index (κ2) is 3.32. The first-order valence-electron chi connectivity index (χ1n) is 4.69. The second-order valence-corrected chi connectivity index (χ2v) is 5.51. The molecule has 3 N–H and O–H groups in total. The highest BCUT2D eigenvalue weighted by molar-refractivity contribution is 7.87. The Bertz CT molecular complexity index is 382. The summed E-state index contributed by atoms with van der Waals surface area (Å²) in [4.78, 5) is 12.0. The van der Waals surface area contributed by atoms with Crippen LogP contribution in [0.1, 0.15) is 12.8 Å². The molecular formula is C7H13N3O4S. The highest BCUT2D eigenvalue weighted by atomic mass is 32.2. The van der Waals surface area contributed by atoms with Gasteiger partial charge in [0.15, 0.2) is 0 Å². The number of likely N-dealkylation sites (tertiary alicyclic amines) is 1. The van der Waals surface area contributed by atoms with E-state index in [9.17, 15) is 13.2 Å². The smallest absolute Gasteiger partial charge is 0.407 e. The molecule has 2 fully saturated rings. The van der Waals surface area contributed by atoms with Crippen molar-refractivity contribution in [3.63, 3.8) is 0 Å². The van der Waals surface area contributed by atoms with Crippen LogP contribution in [0.5, 0.6) is 0 Å². The maximum Gasteiger partial charge on any atom is 0.407 e. The van der Waals surface area contributed by atoms with Crippen molar-refractivity contribution in [1.82, 2.24) is 14.3 Å². The lowest BCUT2D eigenvalue weighted by atomic mass is 9.90. The van der Waals surface area contributed by atoms with E-state index in [0.717, 1.165) is 0 Å². The highest BCUT2D eigenvalue weighted by Gasteiger charge is 2.45. The molecule has 0 aromatic heterocycles. The van der Waals surface area contributed by atoms with Crippen molar-refractivity contribution in [2.24, 2.45) is 0 Å². The van der Waals surface area contributed by atoms with E-state index in [1.54, 1.807) is 0 Å². The number of hydrogen-bond acceptors (Lipinski definition) is 3. The van der Waals surface area contributed by atoms with Gasteiger partial charge < -0.3 is 10.0 Å². The Kier molecular flexibility index (Phi) is 2.36. The SMILES string of the molecule is O=C(O)N1CCC[C@]2(CNS(=O)(=O)N2)C1. The van der Waals surface area contributed by atoms with E-state index in [2.05, 4.69) is 9.44 Å². The van der Waals surface area contributed by atoms with Gasteiger partial charge in [0, 0.05) is 19.6 Å². The van der Waals surface area contributed by atoms with Gasteiger partial charge in [0.05, 0.1) is 5.54 Å². The van der Waals surface area contributed by atoms with E-state index in [4.69, 9.17) is 5.11 Å². The maximum absolute atomic E-state index is 11.2. The monoisotopic (exact) mass is 235 g/mol. The van der Waals surface area contributed by atoms with Crippen LogP contribution in [-0.2, 0) is 10.2 Å². The predicted octanol–water partition coefficient (Wildman–Crippen LogP) is -1.06. The average Bonchev–Trinajstić information content (AvgIpc) is 2.42. The van der Waals surface area contributed by atoms with Crippen molar-refractivity contribution in [2.75, 3.05) is 19.6 Å². The van der Waals surface area contributed by atoms with Crippen LogP contribution < -0.4 is 9.44 Å². The van der Waals surface area contributed by atoms with Gasteiger partial charge >= 0.3 is 6.09 Å². The number of carboxylic acid groups (broad SMARTS) is 1. The van der Waals surface area contributed by atoms with Gasteiger partial charge in [-0.1, -0.05) is 0 Å². The first-order chi connectivity index (χ1) is 6.93. The van der Waals surface area contributed by atoms with Gasteiger partial charge in [-0.2, -0.15) is 13.1 Å². The van der Waals surface area contributed by atoms with E-state index in [1.165, 1.54) is 4.90 Å². The van der Waals surface area contributed by atoms with Gasteiger partial charge in [0.2, 0.25) is 0 Å². The van der Waals surface area contributed by atoms with Gasteiger partial charge in [-0.05, 0) is 12.8 Å². The van der Waals surface area contributed by atoms with Gasteiger partial charge in [0.1, 0.15) is 0 Å². The molecular weight excluding hydrogens is 222 g/mol. The Labute approximate surface area is 87.6 Å². The Morgan fingerprint density at radius 2 is 2.20 bits per heavy atom. The molecule has 2 saturated heterocycles. The summed E-state index contributed by atoms with van der Waals surface area (Å²) in [6.45, 7) is 0.951. The standard InChI is InChI=1S/C7H13N3O4S/c11-6(12)10-3-1-2-7(5-10)4-8-15(13,14)9-7/h8-9H,1-5H2,(H,11,12)/t7-/m0/s1. The average molecular weight is 235 g/mol. The molecule has 1 atom stereocenters. The van der Waals surface area contributed by atoms with Crippen LogP contribution in [-0.4, -0.2) is 49.7 Å². The summed E-state index contributed by atoms with van der Waals surface area (Å²) in [6.07, 6.45) is 0.347. The summed E-state index contributed by atoms with van der Waals surface area (Å²) in [7, 11) is -3.42. The highest BCUT2D eigenvalue weighted by Crippen LogP contribution is 2.24. The number of nitrogens with one attached hydrogen (secondary N) is 2. The quantitative estimate of drug-likeness (QED) is 0.498. The maximum atomic E-state index is 11.2. The fraction of sp³-hybridized carbons (Fsp3) is 0.857. The zero-order valence-corrected chi connectivity index (χ0v) is 8.88. The number of rotatable bonds is 0. The molecule has 0 aromatic carbocycles. The van der Waals surface area contributed by atoms with Crippen LogP contribution in [0.3, 0.4) is 0 Å². The first kappa shape index (κ1) is 10.7. The predicted molar refractivity (Wildman–Crippen MR) is 51.6 cm³/mol. The molecule has 0 saturated carbocycles. The zero-order chi connectivity index (χ0) is 11.1. The van der Waals surface area contributed by atoms with E-state index in [-0.39, 0.29) is 13.1 Å². The minimum atomic E-state index is -3.42. The third kappa shape index (κ3) is 2.06. The molecule has 0 radical (unpaired) electrons. The molecule has 2 heterocycles. The van der Waals surface area contributed by atoms with E-state index in [1.807, 2.05) is 0 Å². The minimum absolute atomic E-state index is 0.217. The molecule has 15 heavy (non-hydrogen) atoms. The van der Waals surface area contributed by atoms with Crippen molar-refractivity contribution in [3.8, 4) is 0 Å². The van der Waals surface area contributed by atoms with Gasteiger partial charge in [0.25, 0.3) is 10.2 Å². The molecule has 0 aliphatic carbocycles. The Morgan fingerprint density at radius 3 is 2.73 bits per heavy atom. The zero-order valence-electron chi connectivity index (χ0n) is 8.06. The third-order valence-electron chi connectivity index (χ3n) is 2.80. The lowest BCUT2D eigenvalue weighted by Gasteiger charge is -2.37.